The summed E-state index contributed by atoms with van der Waals surface area (Å²) in [6.07, 6.45) is 1.87. The Hall–Kier alpha value is -3.35. The molecule has 0 aliphatic heterocycles. The second-order valence-corrected chi connectivity index (χ2v) is 5.21. The summed E-state index contributed by atoms with van der Waals surface area (Å²) in [4.78, 5) is 35.9. The molecule has 0 radical (unpaired) electrons. The van der Waals surface area contributed by atoms with Gasteiger partial charge in [-0.2, -0.15) is 0 Å². The van der Waals surface area contributed by atoms with Crippen LogP contribution in [-0.4, -0.2) is 25.8 Å². The van der Waals surface area contributed by atoms with Gasteiger partial charge in [0.05, 0.1) is 11.0 Å². The summed E-state index contributed by atoms with van der Waals surface area (Å²) in [7, 11) is 0. The molecular formula is C16H13N5O2. The minimum atomic E-state index is -0.344. The molecule has 0 spiro atoms. The summed E-state index contributed by atoms with van der Waals surface area (Å²) < 4.78 is 0. The van der Waals surface area contributed by atoms with Crippen LogP contribution in [0.4, 0.5) is 0 Å². The maximum Gasteiger partial charge on any atom is 0.325 e. The number of nitrogens with zero attached hydrogens (tertiary/aromatic N) is 1. The van der Waals surface area contributed by atoms with Crippen molar-refractivity contribution in [3.8, 4) is 0 Å². The number of amides is 1. The Bertz CT molecular complexity index is 1070. The molecule has 0 unspecified atom stereocenters. The Labute approximate surface area is 129 Å². The van der Waals surface area contributed by atoms with Gasteiger partial charge in [-0.25, -0.2) is 9.78 Å². The first-order valence-corrected chi connectivity index (χ1v) is 7.13. The monoisotopic (exact) mass is 307 g/mol. The quantitative estimate of drug-likeness (QED) is 0.462. The minimum Gasteiger partial charge on any atom is -0.361 e. The summed E-state index contributed by atoms with van der Waals surface area (Å²) in [6, 6.07) is 11.1. The van der Waals surface area contributed by atoms with Crippen LogP contribution in [0.3, 0.4) is 0 Å². The molecule has 0 bridgehead atoms. The number of H-pyrrole nitrogens is 3. The average Bonchev–Trinajstić information content (AvgIpc) is 3.16. The number of nitrogens with one attached hydrogen (secondary N) is 4. The summed E-state index contributed by atoms with van der Waals surface area (Å²) in [6.45, 7) is 0.389. The Balaban J connectivity index is 1.57. The zero-order chi connectivity index (χ0) is 15.8. The first-order valence-electron chi connectivity index (χ1n) is 7.13. The van der Waals surface area contributed by atoms with Crippen molar-refractivity contribution in [1.82, 2.24) is 25.3 Å². The van der Waals surface area contributed by atoms with Crippen molar-refractivity contribution in [2.75, 3.05) is 0 Å². The third-order valence-corrected chi connectivity index (χ3v) is 3.72. The lowest BCUT2D eigenvalue weighted by atomic mass is 10.1. The maximum absolute atomic E-state index is 12.3. The van der Waals surface area contributed by atoms with E-state index in [9.17, 15) is 9.59 Å². The number of carbonyl (C=O) groups is 1. The van der Waals surface area contributed by atoms with E-state index >= 15 is 0 Å². The van der Waals surface area contributed by atoms with Gasteiger partial charge in [0.25, 0.3) is 5.91 Å². The number of hydrogen-bond acceptors (Lipinski definition) is 3. The van der Waals surface area contributed by atoms with Gasteiger partial charge >= 0.3 is 5.69 Å². The van der Waals surface area contributed by atoms with Crippen molar-refractivity contribution < 1.29 is 4.79 Å². The number of hydrogen-bond donors (Lipinski definition) is 4. The first kappa shape index (κ1) is 13.3. The number of aromatic nitrogens is 4. The van der Waals surface area contributed by atoms with Crippen LogP contribution in [0.1, 0.15) is 16.1 Å². The lowest BCUT2D eigenvalue weighted by Crippen LogP contribution is -2.23. The molecule has 7 nitrogen and oxygen atoms in total. The van der Waals surface area contributed by atoms with Gasteiger partial charge in [-0.1, -0.05) is 18.2 Å². The van der Waals surface area contributed by atoms with Crippen molar-refractivity contribution in [2.24, 2.45) is 0 Å². The third kappa shape index (κ3) is 2.38. The van der Waals surface area contributed by atoms with Gasteiger partial charge in [0.2, 0.25) is 0 Å². The Morgan fingerprint density at radius 1 is 1.13 bits per heavy atom. The van der Waals surface area contributed by atoms with Crippen molar-refractivity contribution in [2.45, 2.75) is 6.54 Å². The highest BCUT2D eigenvalue weighted by atomic mass is 16.2. The topological polar surface area (TPSA) is 106 Å². The normalized spacial score (nSPS) is 11.1. The summed E-state index contributed by atoms with van der Waals surface area (Å²) in [5, 5.41) is 3.94. The maximum atomic E-state index is 12.3. The highest BCUT2D eigenvalue weighted by molar-refractivity contribution is 5.94. The van der Waals surface area contributed by atoms with Crippen LogP contribution >= 0.6 is 0 Å². The number of imidazole rings is 1. The van der Waals surface area contributed by atoms with E-state index in [0.29, 0.717) is 17.7 Å². The predicted molar refractivity (Wildman–Crippen MR) is 86.2 cm³/mol. The van der Waals surface area contributed by atoms with E-state index in [-0.39, 0.29) is 17.3 Å². The number of pyridine rings is 1. The van der Waals surface area contributed by atoms with Crippen LogP contribution in [0.15, 0.2) is 47.4 Å². The van der Waals surface area contributed by atoms with Crippen molar-refractivity contribution in [3.63, 3.8) is 0 Å². The van der Waals surface area contributed by atoms with E-state index in [1.54, 1.807) is 12.1 Å². The van der Waals surface area contributed by atoms with Crippen molar-refractivity contribution in [1.29, 1.82) is 0 Å². The Kier molecular flexibility index (Phi) is 2.97. The van der Waals surface area contributed by atoms with E-state index in [0.717, 1.165) is 16.5 Å². The highest BCUT2D eigenvalue weighted by Crippen LogP contribution is 2.16. The number of para-hydroxylation sites is 1. The summed E-state index contributed by atoms with van der Waals surface area (Å²) >= 11 is 0. The molecule has 0 atom stereocenters. The van der Waals surface area contributed by atoms with Crippen LogP contribution < -0.4 is 11.0 Å². The standard InChI is InChI=1S/C16H13N5O2/c22-15(12-5-4-11-14(19-12)21-16(23)20-11)18-8-10-3-1-2-9-6-7-17-13(9)10/h1-7,17H,8H2,(H,18,22)(H2,19,20,21,23). The number of rotatable bonds is 3. The average molecular weight is 307 g/mol. The second kappa shape index (κ2) is 5.13. The molecule has 4 N–H and O–H groups in total. The molecule has 0 fully saturated rings. The van der Waals surface area contributed by atoms with Crippen molar-refractivity contribution in [3.05, 3.63) is 64.3 Å². The molecule has 0 saturated heterocycles. The zero-order valence-corrected chi connectivity index (χ0v) is 12.0. The lowest BCUT2D eigenvalue weighted by molar-refractivity contribution is 0.0946. The molecule has 0 aliphatic carbocycles. The molecule has 1 amide bonds. The molecule has 0 aliphatic rings. The van der Waals surface area contributed by atoms with Crippen LogP contribution in [0.2, 0.25) is 0 Å². The van der Waals surface area contributed by atoms with Gasteiger partial charge in [-0.05, 0) is 29.1 Å². The summed E-state index contributed by atoms with van der Waals surface area (Å²) in [5.41, 5.74) is 2.86. The SMILES string of the molecule is O=C(NCc1cccc2cc[nH]c12)c1ccc2[nH]c(=O)[nH]c2n1. The first-order chi connectivity index (χ1) is 11.2. The molecule has 4 aromatic rings. The van der Waals surface area contributed by atoms with Gasteiger partial charge in [0, 0.05) is 12.7 Å². The van der Waals surface area contributed by atoms with Crippen LogP contribution in [-0.2, 0) is 6.54 Å². The second-order valence-electron chi connectivity index (χ2n) is 5.21. The molecule has 1 aromatic carbocycles. The molecule has 3 aromatic heterocycles. The van der Waals surface area contributed by atoms with Gasteiger partial charge in [0.15, 0.2) is 5.65 Å². The summed E-state index contributed by atoms with van der Waals surface area (Å²) in [5.74, 6) is -0.294. The van der Waals surface area contributed by atoms with E-state index in [4.69, 9.17) is 0 Å². The predicted octanol–water partition coefficient (Wildman–Crippen LogP) is 1.66. The fourth-order valence-electron chi connectivity index (χ4n) is 2.61. The highest BCUT2D eigenvalue weighted by Gasteiger charge is 2.10. The number of aromatic amines is 3. The molecular weight excluding hydrogens is 294 g/mol. The van der Waals surface area contributed by atoms with Gasteiger partial charge in [0.1, 0.15) is 5.69 Å². The van der Waals surface area contributed by atoms with Crippen LogP contribution in [0, 0.1) is 0 Å². The van der Waals surface area contributed by atoms with Crippen molar-refractivity contribution >= 4 is 28.0 Å². The Morgan fingerprint density at radius 2 is 2.04 bits per heavy atom. The lowest BCUT2D eigenvalue weighted by Gasteiger charge is -2.06. The van der Waals surface area contributed by atoms with E-state index in [1.807, 2.05) is 30.5 Å². The van der Waals surface area contributed by atoms with E-state index in [2.05, 4.69) is 25.3 Å². The molecule has 114 valence electrons. The molecule has 23 heavy (non-hydrogen) atoms. The largest absolute Gasteiger partial charge is 0.361 e. The fraction of sp³-hybridized carbons (Fsp3) is 0.0625. The number of carbonyl (C=O) groups excluding carboxylic acids is 1. The number of benzene rings is 1. The third-order valence-electron chi connectivity index (χ3n) is 3.72. The molecule has 0 saturated carbocycles. The Morgan fingerprint density at radius 3 is 2.96 bits per heavy atom. The number of fused-ring (bicyclic) bond motifs is 2. The zero-order valence-electron chi connectivity index (χ0n) is 12.0. The smallest absolute Gasteiger partial charge is 0.325 e. The fourth-order valence-corrected chi connectivity index (χ4v) is 2.61. The molecule has 3 heterocycles. The minimum absolute atomic E-state index is 0.256. The van der Waals surface area contributed by atoms with Gasteiger partial charge in [-0.3, -0.25) is 9.78 Å². The molecule has 7 heteroatoms. The van der Waals surface area contributed by atoms with E-state index < -0.39 is 0 Å². The van der Waals surface area contributed by atoms with Crippen LogP contribution in [0.25, 0.3) is 22.1 Å². The molecule has 4 rings (SSSR count). The van der Waals surface area contributed by atoms with Crippen LogP contribution in [0.5, 0.6) is 0 Å². The van der Waals surface area contributed by atoms with Gasteiger partial charge in [-0.15, -0.1) is 0 Å². The van der Waals surface area contributed by atoms with Gasteiger partial charge < -0.3 is 15.3 Å². The van der Waals surface area contributed by atoms with E-state index in [1.165, 1.54) is 0 Å².